The SMILES string of the molecule is NCc1nn(-c2cccc(F)c2)c(=O)[nH]1. The molecule has 3 N–H and O–H groups in total. The molecule has 2 aromatic rings. The van der Waals surface area contributed by atoms with E-state index in [9.17, 15) is 9.18 Å². The minimum absolute atomic E-state index is 0.136. The number of aromatic nitrogens is 3. The fraction of sp³-hybridized carbons (Fsp3) is 0.111. The Morgan fingerprint density at radius 3 is 2.93 bits per heavy atom. The zero-order chi connectivity index (χ0) is 10.8. The number of H-pyrrole nitrogens is 1. The lowest BCUT2D eigenvalue weighted by molar-refractivity contribution is 0.624. The van der Waals surface area contributed by atoms with Gasteiger partial charge in [0.2, 0.25) is 0 Å². The molecule has 2 rings (SSSR count). The van der Waals surface area contributed by atoms with Gasteiger partial charge in [0.05, 0.1) is 12.2 Å². The second-order valence-corrected chi connectivity index (χ2v) is 2.97. The van der Waals surface area contributed by atoms with Gasteiger partial charge in [0.25, 0.3) is 0 Å². The lowest BCUT2D eigenvalue weighted by Gasteiger charge is -1.97. The van der Waals surface area contributed by atoms with E-state index < -0.39 is 11.5 Å². The van der Waals surface area contributed by atoms with Crippen LogP contribution in [0.15, 0.2) is 29.1 Å². The van der Waals surface area contributed by atoms with Crippen molar-refractivity contribution < 1.29 is 4.39 Å². The van der Waals surface area contributed by atoms with Crippen LogP contribution >= 0.6 is 0 Å². The van der Waals surface area contributed by atoms with Crippen molar-refractivity contribution in [2.24, 2.45) is 5.73 Å². The highest BCUT2D eigenvalue weighted by Crippen LogP contribution is 2.05. The maximum atomic E-state index is 12.9. The normalized spacial score (nSPS) is 10.5. The van der Waals surface area contributed by atoms with Crippen LogP contribution < -0.4 is 11.4 Å². The minimum Gasteiger partial charge on any atom is -0.324 e. The highest BCUT2D eigenvalue weighted by Gasteiger charge is 2.05. The Morgan fingerprint density at radius 1 is 1.53 bits per heavy atom. The summed E-state index contributed by atoms with van der Waals surface area (Å²) in [5.41, 5.74) is 5.26. The lowest BCUT2D eigenvalue weighted by atomic mass is 10.3. The third-order valence-electron chi connectivity index (χ3n) is 1.91. The van der Waals surface area contributed by atoms with E-state index in [1.54, 1.807) is 6.07 Å². The molecule has 0 amide bonds. The van der Waals surface area contributed by atoms with Crippen LogP contribution in [0.25, 0.3) is 5.69 Å². The molecule has 0 atom stereocenters. The number of benzene rings is 1. The number of hydrogen-bond acceptors (Lipinski definition) is 3. The number of nitrogens with two attached hydrogens (primary N) is 1. The van der Waals surface area contributed by atoms with Gasteiger partial charge in [0, 0.05) is 0 Å². The van der Waals surface area contributed by atoms with Crippen LogP contribution in [0.2, 0.25) is 0 Å². The van der Waals surface area contributed by atoms with Crippen LogP contribution in [0.5, 0.6) is 0 Å². The number of nitrogens with one attached hydrogen (secondary N) is 1. The summed E-state index contributed by atoms with van der Waals surface area (Å²) in [6.07, 6.45) is 0. The largest absolute Gasteiger partial charge is 0.348 e. The van der Waals surface area contributed by atoms with Gasteiger partial charge in [-0.05, 0) is 18.2 Å². The van der Waals surface area contributed by atoms with Gasteiger partial charge in [0.15, 0.2) is 0 Å². The maximum Gasteiger partial charge on any atom is 0.348 e. The van der Waals surface area contributed by atoms with Gasteiger partial charge in [0.1, 0.15) is 11.6 Å². The van der Waals surface area contributed by atoms with Crippen LogP contribution in [0.3, 0.4) is 0 Å². The van der Waals surface area contributed by atoms with Crippen LogP contribution in [0.4, 0.5) is 4.39 Å². The average Bonchev–Trinajstić information content (AvgIpc) is 2.60. The predicted octanol–water partition coefficient (Wildman–Crippen LogP) is 0.158. The van der Waals surface area contributed by atoms with Crippen molar-refractivity contribution in [1.29, 1.82) is 0 Å². The van der Waals surface area contributed by atoms with Gasteiger partial charge in [-0.15, -0.1) is 5.10 Å². The number of rotatable bonds is 2. The monoisotopic (exact) mass is 208 g/mol. The van der Waals surface area contributed by atoms with Crippen molar-refractivity contribution in [2.75, 3.05) is 0 Å². The van der Waals surface area contributed by atoms with Crippen molar-refractivity contribution in [2.45, 2.75) is 6.54 Å². The maximum absolute atomic E-state index is 12.9. The van der Waals surface area contributed by atoms with Gasteiger partial charge in [-0.2, -0.15) is 4.68 Å². The van der Waals surface area contributed by atoms with Crippen molar-refractivity contribution in [3.05, 3.63) is 46.4 Å². The lowest BCUT2D eigenvalue weighted by Crippen LogP contribution is -2.15. The van der Waals surface area contributed by atoms with Gasteiger partial charge in [-0.1, -0.05) is 6.07 Å². The summed E-state index contributed by atoms with van der Waals surface area (Å²) in [5, 5.41) is 3.90. The van der Waals surface area contributed by atoms with Gasteiger partial charge in [-0.3, -0.25) is 4.98 Å². The molecule has 0 aliphatic rings. The Kier molecular flexibility index (Phi) is 2.34. The predicted molar refractivity (Wildman–Crippen MR) is 52.0 cm³/mol. The van der Waals surface area contributed by atoms with Crippen molar-refractivity contribution >= 4 is 0 Å². The van der Waals surface area contributed by atoms with E-state index in [0.717, 1.165) is 4.68 Å². The number of nitrogens with zero attached hydrogens (tertiary/aromatic N) is 2. The van der Waals surface area contributed by atoms with E-state index in [4.69, 9.17) is 5.73 Å². The summed E-state index contributed by atoms with van der Waals surface area (Å²) in [5.74, 6) is -0.0547. The average molecular weight is 208 g/mol. The molecule has 1 heterocycles. The van der Waals surface area contributed by atoms with E-state index >= 15 is 0 Å². The Bertz CT molecular complexity index is 531. The molecule has 15 heavy (non-hydrogen) atoms. The molecule has 0 unspecified atom stereocenters. The Labute approximate surface area is 84.3 Å². The third kappa shape index (κ3) is 1.79. The first-order valence-corrected chi connectivity index (χ1v) is 4.35. The zero-order valence-electron chi connectivity index (χ0n) is 7.77. The van der Waals surface area contributed by atoms with E-state index in [1.807, 2.05) is 0 Å². The summed E-state index contributed by atoms with van der Waals surface area (Å²) in [6, 6.07) is 5.62. The Balaban J connectivity index is 2.54. The molecule has 78 valence electrons. The minimum atomic E-state index is -0.430. The Morgan fingerprint density at radius 2 is 2.33 bits per heavy atom. The molecule has 1 aromatic carbocycles. The fourth-order valence-corrected chi connectivity index (χ4v) is 1.24. The first-order valence-electron chi connectivity index (χ1n) is 4.35. The highest BCUT2D eigenvalue weighted by molar-refractivity contribution is 5.30. The summed E-state index contributed by atoms with van der Waals surface area (Å²) in [4.78, 5) is 13.8. The van der Waals surface area contributed by atoms with E-state index in [-0.39, 0.29) is 6.54 Å². The quantitative estimate of drug-likeness (QED) is 0.738. The molecule has 0 aliphatic heterocycles. The molecule has 1 aromatic heterocycles. The first-order chi connectivity index (χ1) is 7.20. The summed E-state index contributed by atoms with van der Waals surface area (Å²) in [6.45, 7) is 0.136. The van der Waals surface area contributed by atoms with Crippen molar-refractivity contribution in [3.63, 3.8) is 0 Å². The van der Waals surface area contributed by atoms with Gasteiger partial charge >= 0.3 is 5.69 Å². The van der Waals surface area contributed by atoms with Gasteiger partial charge in [-0.25, -0.2) is 9.18 Å². The highest BCUT2D eigenvalue weighted by atomic mass is 19.1. The van der Waals surface area contributed by atoms with Gasteiger partial charge < -0.3 is 5.73 Å². The topological polar surface area (TPSA) is 76.7 Å². The molecule has 0 saturated carbocycles. The molecule has 0 aliphatic carbocycles. The second kappa shape index (κ2) is 3.66. The first kappa shape index (κ1) is 9.60. The third-order valence-corrected chi connectivity index (χ3v) is 1.91. The van der Waals surface area contributed by atoms with E-state index in [0.29, 0.717) is 11.5 Å². The second-order valence-electron chi connectivity index (χ2n) is 2.97. The fourth-order valence-electron chi connectivity index (χ4n) is 1.24. The van der Waals surface area contributed by atoms with Crippen LogP contribution in [-0.4, -0.2) is 14.8 Å². The zero-order valence-corrected chi connectivity index (χ0v) is 7.77. The molecule has 5 nitrogen and oxygen atoms in total. The van der Waals surface area contributed by atoms with E-state index in [2.05, 4.69) is 10.1 Å². The van der Waals surface area contributed by atoms with E-state index in [1.165, 1.54) is 18.2 Å². The summed E-state index contributed by atoms with van der Waals surface area (Å²) < 4.78 is 14.0. The summed E-state index contributed by atoms with van der Waals surface area (Å²) >= 11 is 0. The molecule has 6 heteroatoms. The molecule has 0 fully saturated rings. The molecule has 0 spiro atoms. The van der Waals surface area contributed by atoms with Crippen LogP contribution in [0, 0.1) is 5.82 Å². The Hall–Kier alpha value is -1.95. The van der Waals surface area contributed by atoms with Crippen molar-refractivity contribution in [1.82, 2.24) is 14.8 Å². The molecule has 0 radical (unpaired) electrons. The molecular formula is C9H9FN4O. The number of halogens is 1. The smallest absolute Gasteiger partial charge is 0.324 e. The summed E-state index contributed by atoms with van der Waals surface area (Å²) in [7, 11) is 0. The molecule has 0 saturated heterocycles. The number of hydrogen-bond donors (Lipinski definition) is 2. The molecule has 0 bridgehead atoms. The van der Waals surface area contributed by atoms with Crippen LogP contribution in [-0.2, 0) is 6.54 Å². The van der Waals surface area contributed by atoms with Crippen molar-refractivity contribution in [3.8, 4) is 5.69 Å². The number of aromatic amines is 1. The van der Waals surface area contributed by atoms with Crippen LogP contribution in [0.1, 0.15) is 5.82 Å². The molecular weight excluding hydrogens is 199 g/mol. The standard InChI is InChI=1S/C9H9FN4O/c10-6-2-1-3-7(4-6)14-9(15)12-8(5-11)13-14/h1-4H,5,11H2,(H,12,13,15).